The number of hydrogen-bond acceptors (Lipinski definition) is 3. The molecule has 4 nitrogen and oxygen atoms in total. The summed E-state index contributed by atoms with van der Waals surface area (Å²) >= 11 is 3.45. The third kappa shape index (κ3) is 5.64. The number of ether oxygens (including phenoxy) is 1. The van der Waals surface area contributed by atoms with Gasteiger partial charge < -0.3 is 10.1 Å². The van der Waals surface area contributed by atoms with E-state index in [0.717, 1.165) is 45.6 Å². The molecule has 0 aromatic heterocycles. The van der Waals surface area contributed by atoms with Crippen LogP contribution in [0.15, 0.2) is 70.7 Å². The second kappa shape index (κ2) is 10.7. The molecule has 1 fully saturated rings. The number of halogens is 1. The number of hydrogen-bond donors (Lipinski definition) is 1. The van der Waals surface area contributed by atoms with Gasteiger partial charge in [-0.3, -0.25) is 4.79 Å². The summed E-state index contributed by atoms with van der Waals surface area (Å²) in [6.45, 7) is 2.55. The van der Waals surface area contributed by atoms with E-state index in [9.17, 15) is 10.1 Å². The zero-order chi connectivity index (χ0) is 23.2. The van der Waals surface area contributed by atoms with Crippen LogP contribution in [0.25, 0.3) is 16.8 Å². The predicted octanol–water partition coefficient (Wildman–Crippen LogP) is 6.78. The first kappa shape index (κ1) is 23.1. The molecule has 0 spiro atoms. The van der Waals surface area contributed by atoms with Crippen LogP contribution in [0, 0.1) is 17.2 Å². The van der Waals surface area contributed by atoms with Crippen molar-refractivity contribution in [1.29, 1.82) is 5.26 Å². The van der Waals surface area contributed by atoms with Crippen LogP contribution >= 0.6 is 15.9 Å². The number of rotatable bonds is 6. The normalized spacial score (nSPS) is 18.5. The molecule has 0 radical (unpaired) electrons. The van der Waals surface area contributed by atoms with E-state index < -0.39 is 0 Å². The van der Waals surface area contributed by atoms with E-state index in [0.29, 0.717) is 18.3 Å². The topological polar surface area (TPSA) is 62.1 Å². The fourth-order valence-corrected chi connectivity index (χ4v) is 4.63. The molecule has 1 amide bonds. The number of fused-ring (bicyclic) bond motifs is 1. The first-order valence-electron chi connectivity index (χ1n) is 11.4. The molecule has 1 aliphatic carbocycles. The highest BCUT2D eigenvalue weighted by molar-refractivity contribution is 9.10. The highest BCUT2D eigenvalue weighted by atomic mass is 79.9. The molecule has 1 N–H and O–H groups in total. The Morgan fingerprint density at radius 2 is 1.88 bits per heavy atom. The second-order valence-electron chi connectivity index (χ2n) is 8.63. The van der Waals surface area contributed by atoms with Crippen molar-refractivity contribution in [1.82, 2.24) is 5.32 Å². The van der Waals surface area contributed by atoms with Crippen LogP contribution in [-0.4, -0.2) is 11.9 Å². The zero-order valence-corrected chi connectivity index (χ0v) is 20.3. The molecule has 0 heterocycles. The van der Waals surface area contributed by atoms with Gasteiger partial charge in [0.25, 0.3) is 5.91 Å². The number of carbonyl (C=O) groups is 1. The molecule has 0 saturated heterocycles. The van der Waals surface area contributed by atoms with Crippen molar-refractivity contribution in [2.45, 2.75) is 45.3 Å². The monoisotopic (exact) mass is 502 g/mol. The molecular formula is C28H27BrN2O2. The summed E-state index contributed by atoms with van der Waals surface area (Å²) in [6.07, 6.45) is 6.04. The van der Waals surface area contributed by atoms with Crippen molar-refractivity contribution in [2.75, 3.05) is 0 Å². The molecule has 2 atom stereocenters. The lowest BCUT2D eigenvalue weighted by Crippen LogP contribution is -2.41. The molecule has 0 bridgehead atoms. The van der Waals surface area contributed by atoms with Crippen molar-refractivity contribution in [3.05, 3.63) is 81.8 Å². The zero-order valence-electron chi connectivity index (χ0n) is 18.7. The van der Waals surface area contributed by atoms with Crippen molar-refractivity contribution in [3.8, 4) is 11.8 Å². The summed E-state index contributed by atoms with van der Waals surface area (Å²) < 4.78 is 7.17. The van der Waals surface area contributed by atoms with E-state index in [1.54, 1.807) is 6.08 Å². The van der Waals surface area contributed by atoms with Gasteiger partial charge in [-0.2, -0.15) is 5.26 Å². The summed E-state index contributed by atoms with van der Waals surface area (Å²) in [5.74, 6) is 0.747. The van der Waals surface area contributed by atoms with E-state index in [1.165, 1.54) is 6.42 Å². The third-order valence-electron chi connectivity index (χ3n) is 6.32. The summed E-state index contributed by atoms with van der Waals surface area (Å²) in [5, 5.41) is 14.9. The molecule has 4 rings (SSSR count). The van der Waals surface area contributed by atoms with E-state index in [4.69, 9.17) is 4.74 Å². The number of benzene rings is 3. The van der Waals surface area contributed by atoms with Crippen molar-refractivity contribution in [2.24, 2.45) is 5.92 Å². The number of amides is 1. The predicted molar refractivity (Wildman–Crippen MR) is 136 cm³/mol. The van der Waals surface area contributed by atoms with Gasteiger partial charge in [0, 0.05) is 16.1 Å². The molecule has 0 aliphatic heterocycles. The summed E-state index contributed by atoms with van der Waals surface area (Å²) in [6, 6.07) is 22.0. The van der Waals surface area contributed by atoms with Gasteiger partial charge in [0.2, 0.25) is 0 Å². The summed E-state index contributed by atoms with van der Waals surface area (Å²) in [4.78, 5) is 13.0. The number of nitrogens with zero attached hydrogens (tertiary/aromatic N) is 1. The van der Waals surface area contributed by atoms with Crippen LogP contribution in [-0.2, 0) is 11.4 Å². The molecule has 0 unspecified atom stereocenters. The average Bonchev–Trinajstić information content (AvgIpc) is 2.84. The molecule has 5 heteroatoms. The van der Waals surface area contributed by atoms with E-state index in [2.05, 4.69) is 34.2 Å². The first-order chi connectivity index (χ1) is 16.0. The average molecular weight is 503 g/mol. The van der Waals surface area contributed by atoms with Gasteiger partial charge in [-0.1, -0.05) is 78.2 Å². The van der Waals surface area contributed by atoms with Crippen LogP contribution in [0.1, 0.15) is 43.7 Å². The lowest BCUT2D eigenvalue weighted by Gasteiger charge is -2.29. The van der Waals surface area contributed by atoms with Crippen LogP contribution in [0.5, 0.6) is 5.75 Å². The quantitative estimate of drug-likeness (QED) is 0.298. The molecule has 168 valence electrons. The van der Waals surface area contributed by atoms with Gasteiger partial charge in [-0.15, -0.1) is 0 Å². The van der Waals surface area contributed by atoms with Crippen molar-refractivity contribution < 1.29 is 9.53 Å². The maximum Gasteiger partial charge on any atom is 0.262 e. The SMILES string of the molecule is C[C@@H]1CCCC[C@@H]1NC(=O)/C(C#N)=C/c1c(OCc2ccc(Br)cc2)ccc2ccccc12. The lowest BCUT2D eigenvalue weighted by atomic mass is 9.86. The van der Waals surface area contributed by atoms with Gasteiger partial charge in [0.05, 0.1) is 0 Å². The molecule has 3 aromatic carbocycles. The second-order valence-corrected chi connectivity index (χ2v) is 9.54. The largest absolute Gasteiger partial charge is 0.488 e. The van der Waals surface area contributed by atoms with Crippen molar-refractivity contribution >= 4 is 38.7 Å². The number of nitriles is 1. The van der Waals surface area contributed by atoms with Gasteiger partial charge in [-0.25, -0.2) is 0 Å². The summed E-state index contributed by atoms with van der Waals surface area (Å²) in [5.41, 5.74) is 1.87. The van der Waals surface area contributed by atoms with Crippen LogP contribution in [0.4, 0.5) is 0 Å². The third-order valence-corrected chi connectivity index (χ3v) is 6.85. The Balaban J connectivity index is 1.65. The smallest absolute Gasteiger partial charge is 0.262 e. The van der Waals surface area contributed by atoms with Crippen LogP contribution < -0.4 is 10.1 Å². The van der Waals surface area contributed by atoms with Gasteiger partial charge in [0.15, 0.2) is 0 Å². The fourth-order valence-electron chi connectivity index (χ4n) is 4.36. The molecule has 1 aliphatic rings. The lowest BCUT2D eigenvalue weighted by molar-refractivity contribution is -0.118. The number of nitrogens with one attached hydrogen (secondary N) is 1. The Morgan fingerprint density at radius 1 is 1.12 bits per heavy atom. The Labute approximate surface area is 203 Å². The summed E-state index contributed by atoms with van der Waals surface area (Å²) in [7, 11) is 0. The van der Waals surface area contributed by atoms with Gasteiger partial charge >= 0.3 is 0 Å². The minimum atomic E-state index is -0.317. The standard InChI is InChI=1S/C28H27BrN2O2/c1-19-6-2-5-9-26(19)31-28(32)22(17-30)16-25-24-8-4-3-7-21(24)12-15-27(25)33-18-20-10-13-23(29)14-11-20/h3-4,7-8,10-16,19,26H,2,5-6,9,18H2,1H3,(H,31,32)/b22-16+/t19-,26+/m1/s1. The minimum Gasteiger partial charge on any atom is -0.488 e. The Bertz CT molecular complexity index is 1210. The van der Waals surface area contributed by atoms with Crippen LogP contribution in [0.3, 0.4) is 0 Å². The van der Waals surface area contributed by atoms with Gasteiger partial charge in [-0.05, 0) is 59.4 Å². The van der Waals surface area contributed by atoms with Crippen LogP contribution in [0.2, 0.25) is 0 Å². The fraction of sp³-hybridized carbons (Fsp3) is 0.286. The van der Waals surface area contributed by atoms with E-state index >= 15 is 0 Å². The van der Waals surface area contributed by atoms with E-state index in [1.807, 2.05) is 60.7 Å². The number of carbonyl (C=O) groups excluding carboxylic acids is 1. The highest BCUT2D eigenvalue weighted by Gasteiger charge is 2.24. The first-order valence-corrected chi connectivity index (χ1v) is 12.2. The molecule has 33 heavy (non-hydrogen) atoms. The maximum absolute atomic E-state index is 13.0. The van der Waals surface area contributed by atoms with Gasteiger partial charge in [0.1, 0.15) is 24.0 Å². The molecule has 1 saturated carbocycles. The Kier molecular flexibility index (Phi) is 7.47. The van der Waals surface area contributed by atoms with Crippen molar-refractivity contribution in [3.63, 3.8) is 0 Å². The highest BCUT2D eigenvalue weighted by Crippen LogP contribution is 2.31. The minimum absolute atomic E-state index is 0.0950. The molecule has 3 aromatic rings. The Hall–Kier alpha value is -3.10. The maximum atomic E-state index is 13.0. The molecular weight excluding hydrogens is 476 g/mol. The van der Waals surface area contributed by atoms with E-state index in [-0.39, 0.29) is 17.5 Å². The Morgan fingerprint density at radius 3 is 2.64 bits per heavy atom.